The van der Waals surface area contributed by atoms with Crippen molar-refractivity contribution < 1.29 is 9.32 Å². The van der Waals surface area contributed by atoms with E-state index in [2.05, 4.69) is 15.5 Å². The standard InChI is InChI=1S/C12H19N3O2/c1-9-13-12(17-15-9)8-11(16)14-10-6-4-2-3-5-7-10/h10H,2-8H2,1H3,(H,14,16). The molecular weight excluding hydrogens is 218 g/mol. The molecule has 1 aliphatic rings. The summed E-state index contributed by atoms with van der Waals surface area (Å²) in [7, 11) is 0. The first-order valence-electron chi connectivity index (χ1n) is 6.32. The van der Waals surface area contributed by atoms with Gasteiger partial charge in [-0.1, -0.05) is 30.8 Å². The number of aryl methyl sites for hydroxylation is 1. The summed E-state index contributed by atoms with van der Waals surface area (Å²) in [5.41, 5.74) is 0. The molecule has 1 saturated carbocycles. The van der Waals surface area contributed by atoms with Gasteiger partial charge in [0, 0.05) is 6.04 Å². The van der Waals surface area contributed by atoms with Crippen LogP contribution in [0, 0.1) is 6.92 Å². The Bertz CT molecular complexity index is 368. The van der Waals surface area contributed by atoms with Crippen molar-refractivity contribution in [2.45, 2.75) is 57.9 Å². The van der Waals surface area contributed by atoms with Crippen LogP contribution in [0.2, 0.25) is 0 Å². The molecule has 0 atom stereocenters. The second-order valence-corrected chi connectivity index (χ2v) is 4.67. The molecule has 0 spiro atoms. The molecule has 0 aromatic carbocycles. The molecule has 94 valence electrons. The molecule has 1 aromatic rings. The van der Waals surface area contributed by atoms with Crippen LogP contribution in [0.25, 0.3) is 0 Å². The normalized spacial score (nSPS) is 17.7. The van der Waals surface area contributed by atoms with Gasteiger partial charge >= 0.3 is 0 Å². The smallest absolute Gasteiger partial charge is 0.236 e. The van der Waals surface area contributed by atoms with Crippen LogP contribution < -0.4 is 5.32 Å². The van der Waals surface area contributed by atoms with Crippen molar-refractivity contribution in [2.24, 2.45) is 0 Å². The van der Waals surface area contributed by atoms with Crippen molar-refractivity contribution in [1.82, 2.24) is 15.5 Å². The zero-order chi connectivity index (χ0) is 12.1. The molecule has 17 heavy (non-hydrogen) atoms. The van der Waals surface area contributed by atoms with E-state index in [1.807, 2.05) is 0 Å². The maximum absolute atomic E-state index is 11.8. The highest BCUT2D eigenvalue weighted by molar-refractivity contribution is 5.77. The van der Waals surface area contributed by atoms with Crippen molar-refractivity contribution in [1.29, 1.82) is 0 Å². The molecule has 1 fully saturated rings. The van der Waals surface area contributed by atoms with Crippen LogP contribution in [0.15, 0.2) is 4.52 Å². The van der Waals surface area contributed by atoms with E-state index >= 15 is 0 Å². The maximum atomic E-state index is 11.8. The van der Waals surface area contributed by atoms with Gasteiger partial charge in [-0.2, -0.15) is 4.98 Å². The van der Waals surface area contributed by atoms with Crippen LogP contribution in [0.5, 0.6) is 0 Å². The first-order chi connectivity index (χ1) is 8.24. The summed E-state index contributed by atoms with van der Waals surface area (Å²) < 4.78 is 4.93. The second kappa shape index (κ2) is 5.80. The Morgan fingerprint density at radius 1 is 1.35 bits per heavy atom. The SMILES string of the molecule is Cc1noc(CC(=O)NC2CCCCCC2)n1. The number of amides is 1. The van der Waals surface area contributed by atoms with Crippen molar-refractivity contribution in [3.63, 3.8) is 0 Å². The number of hydrogen-bond donors (Lipinski definition) is 1. The summed E-state index contributed by atoms with van der Waals surface area (Å²) in [6, 6.07) is 0.328. The fourth-order valence-electron chi connectivity index (χ4n) is 2.25. The molecule has 2 rings (SSSR count). The van der Waals surface area contributed by atoms with Gasteiger partial charge in [-0.25, -0.2) is 0 Å². The highest BCUT2D eigenvalue weighted by Gasteiger charge is 2.16. The van der Waals surface area contributed by atoms with Gasteiger partial charge in [-0.05, 0) is 19.8 Å². The number of nitrogens with one attached hydrogen (secondary N) is 1. The Morgan fingerprint density at radius 3 is 2.65 bits per heavy atom. The highest BCUT2D eigenvalue weighted by atomic mass is 16.5. The van der Waals surface area contributed by atoms with Gasteiger partial charge in [0.15, 0.2) is 5.82 Å². The first-order valence-corrected chi connectivity index (χ1v) is 6.32. The van der Waals surface area contributed by atoms with E-state index in [9.17, 15) is 4.79 Å². The predicted octanol–water partition coefficient (Wildman–Crippen LogP) is 1.76. The number of rotatable bonds is 3. The topological polar surface area (TPSA) is 68.0 Å². The minimum atomic E-state index is -0.0134. The molecular formula is C12H19N3O2. The lowest BCUT2D eigenvalue weighted by atomic mass is 10.1. The molecule has 5 nitrogen and oxygen atoms in total. The second-order valence-electron chi connectivity index (χ2n) is 4.67. The Kier molecular flexibility index (Phi) is 4.12. The molecule has 0 radical (unpaired) electrons. The Balaban J connectivity index is 1.80. The van der Waals surface area contributed by atoms with E-state index in [4.69, 9.17) is 4.52 Å². The van der Waals surface area contributed by atoms with Crippen molar-refractivity contribution in [3.8, 4) is 0 Å². The average Bonchev–Trinajstić information content (AvgIpc) is 2.53. The monoisotopic (exact) mass is 237 g/mol. The summed E-state index contributed by atoms with van der Waals surface area (Å²) in [4.78, 5) is 15.8. The third kappa shape index (κ3) is 3.84. The molecule has 1 heterocycles. The van der Waals surface area contributed by atoms with E-state index in [1.54, 1.807) is 6.92 Å². The summed E-state index contributed by atoms with van der Waals surface area (Å²) in [5.74, 6) is 0.955. The summed E-state index contributed by atoms with van der Waals surface area (Å²) in [5, 5.41) is 6.72. The molecule has 0 bridgehead atoms. The zero-order valence-corrected chi connectivity index (χ0v) is 10.2. The molecule has 1 aromatic heterocycles. The van der Waals surface area contributed by atoms with Crippen LogP contribution in [0.4, 0.5) is 0 Å². The molecule has 0 saturated heterocycles. The molecule has 1 amide bonds. The van der Waals surface area contributed by atoms with E-state index in [0.717, 1.165) is 12.8 Å². The van der Waals surface area contributed by atoms with E-state index in [1.165, 1.54) is 25.7 Å². The first kappa shape index (κ1) is 12.1. The molecule has 0 aliphatic heterocycles. The Hall–Kier alpha value is -1.39. The number of aromatic nitrogens is 2. The lowest BCUT2D eigenvalue weighted by Crippen LogP contribution is -2.35. The fraction of sp³-hybridized carbons (Fsp3) is 0.750. The molecule has 0 unspecified atom stereocenters. The number of carbonyl (C=O) groups excluding carboxylic acids is 1. The molecule has 1 N–H and O–H groups in total. The van der Waals surface area contributed by atoms with Gasteiger partial charge in [0.2, 0.25) is 11.8 Å². The van der Waals surface area contributed by atoms with E-state index in [0.29, 0.717) is 17.8 Å². The highest BCUT2D eigenvalue weighted by Crippen LogP contribution is 2.17. The number of nitrogens with zero attached hydrogens (tertiary/aromatic N) is 2. The van der Waals surface area contributed by atoms with Gasteiger partial charge in [0.05, 0.1) is 0 Å². The third-order valence-corrected chi connectivity index (χ3v) is 3.10. The Labute approximate surface area is 101 Å². The summed E-state index contributed by atoms with van der Waals surface area (Å²) in [6.07, 6.45) is 7.38. The minimum absolute atomic E-state index is 0.0134. The van der Waals surface area contributed by atoms with Gasteiger partial charge in [0.1, 0.15) is 6.42 Å². The minimum Gasteiger partial charge on any atom is -0.353 e. The van der Waals surface area contributed by atoms with Crippen molar-refractivity contribution in [2.75, 3.05) is 0 Å². The quantitative estimate of drug-likeness (QED) is 0.813. The molecule has 1 aliphatic carbocycles. The van der Waals surface area contributed by atoms with Crippen LogP contribution in [0.1, 0.15) is 50.2 Å². The molecule has 5 heteroatoms. The van der Waals surface area contributed by atoms with Gasteiger partial charge in [-0.3, -0.25) is 4.79 Å². The van der Waals surface area contributed by atoms with E-state index in [-0.39, 0.29) is 12.3 Å². The average molecular weight is 237 g/mol. The summed E-state index contributed by atoms with van der Waals surface area (Å²) in [6.45, 7) is 1.75. The number of carbonyl (C=O) groups is 1. The van der Waals surface area contributed by atoms with Gasteiger partial charge in [-0.15, -0.1) is 0 Å². The van der Waals surface area contributed by atoms with Crippen LogP contribution >= 0.6 is 0 Å². The van der Waals surface area contributed by atoms with Gasteiger partial charge in [0.25, 0.3) is 0 Å². The van der Waals surface area contributed by atoms with E-state index < -0.39 is 0 Å². The van der Waals surface area contributed by atoms with Crippen molar-refractivity contribution in [3.05, 3.63) is 11.7 Å². The Morgan fingerprint density at radius 2 is 2.06 bits per heavy atom. The summed E-state index contributed by atoms with van der Waals surface area (Å²) >= 11 is 0. The lowest BCUT2D eigenvalue weighted by molar-refractivity contribution is -0.121. The largest absolute Gasteiger partial charge is 0.353 e. The van der Waals surface area contributed by atoms with Crippen molar-refractivity contribution >= 4 is 5.91 Å². The van der Waals surface area contributed by atoms with Crippen LogP contribution in [-0.2, 0) is 11.2 Å². The number of hydrogen-bond acceptors (Lipinski definition) is 4. The van der Waals surface area contributed by atoms with Gasteiger partial charge < -0.3 is 9.84 Å². The fourth-order valence-corrected chi connectivity index (χ4v) is 2.25. The zero-order valence-electron chi connectivity index (χ0n) is 10.2. The van der Waals surface area contributed by atoms with Crippen LogP contribution in [-0.4, -0.2) is 22.1 Å². The predicted molar refractivity (Wildman–Crippen MR) is 62.4 cm³/mol. The lowest BCUT2D eigenvalue weighted by Gasteiger charge is -2.15. The third-order valence-electron chi connectivity index (χ3n) is 3.10. The van der Waals surface area contributed by atoms with Crippen LogP contribution in [0.3, 0.4) is 0 Å². The maximum Gasteiger partial charge on any atom is 0.236 e.